The maximum Gasteiger partial charge on any atom is 0.260 e. The average molecular weight is 130 g/mol. The minimum absolute atomic E-state index is 0.130. The summed E-state index contributed by atoms with van der Waals surface area (Å²) in [6.45, 7) is 1.57. The molecule has 1 radical (unpaired) electrons. The minimum atomic E-state index is -0.479. The SMILES string of the molecule is O=C([CH]F)N1CCCC1. The fourth-order valence-electron chi connectivity index (χ4n) is 1.01. The van der Waals surface area contributed by atoms with Crippen LogP contribution in [0, 0.1) is 6.67 Å². The highest BCUT2D eigenvalue weighted by atomic mass is 19.1. The van der Waals surface area contributed by atoms with E-state index in [4.69, 9.17) is 0 Å². The lowest BCUT2D eigenvalue weighted by Gasteiger charge is -2.10. The second-order valence-electron chi connectivity index (χ2n) is 2.14. The van der Waals surface area contributed by atoms with Gasteiger partial charge in [-0.05, 0) is 12.8 Å². The van der Waals surface area contributed by atoms with E-state index in [9.17, 15) is 9.18 Å². The zero-order valence-electron chi connectivity index (χ0n) is 5.14. The van der Waals surface area contributed by atoms with Crippen LogP contribution in [0.5, 0.6) is 0 Å². The van der Waals surface area contributed by atoms with E-state index in [-0.39, 0.29) is 6.67 Å². The summed E-state index contributed by atoms with van der Waals surface area (Å²) in [6, 6.07) is 0. The van der Waals surface area contributed by atoms with Gasteiger partial charge in [-0.2, -0.15) is 0 Å². The van der Waals surface area contributed by atoms with Crippen LogP contribution >= 0.6 is 0 Å². The van der Waals surface area contributed by atoms with Gasteiger partial charge in [-0.25, -0.2) is 4.39 Å². The second kappa shape index (κ2) is 2.80. The molecule has 1 fully saturated rings. The zero-order valence-corrected chi connectivity index (χ0v) is 5.14. The average Bonchev–Trinajstić information content (AvgIpc) is 2.37. The summed E-state index contributed by atoms with van der Waals surface area (Å²) in [5, 5.41) is 0. The van der Waals surface area contributed by atoms with Gasteiger partial charge in [-0.3, -0.25) is 4.79 Å². The third-order valence-electron chi connectivity index (χ3n) is 1.51. The summed E-state index contributed by atoms with van der Waals surface area (Å²) in [6.07, 6.45) is 2.03. The molecule has 2 nitrogen and oxygen atoms in total. The quantitative estimate of drug-likeness (QED) is 0.512. The Hall–Kier alpha value is -0.600. The van der Waals surface area contributed by atoms with Crippen LogP contribution < -0.4 is 0 Å². The number of nitrogens with zero attached hydrogens (tertiary/aromatic N) is 1. The van der Waals surface area contributed by atoms with Crippen molar-refractivity contribution in [2.45, 2.75) is 12.8 Å². The van der Waals surface area contributed by atoms with Crippen molar-refractivity contribution in [3.63, 3.8) is 0 Å². The van der Waals surface area contributed by atoms with Gasteiger partial charge in [0, 0.05) is 13.1 Å². The first kappa shape index (κ1) is 6.52. The number of hydrogen-bond acceptors (Lipinski definition) is 1. The number of amides is 1. The van der Waals surface area contributed by atoms with E-state index in [1.807, 2.05) is 0 Å². The van der Waals surface area contributed by atoms with E-state index < -0.39 is 5.91 Å². The molecule has 1 amide bonds. The van der Waals surface area contributed by atoms with Gasteiger partial charge in [0.2, 0.25) is 6.67 Å². The Kier molecular flexibility index (Phi) is 2.03. The normalized spacial score (nSPS) is 18.6. The largest absolute Gasteiger partial charge is 0.340 e. The van der Waals surface area contributed by atoms with Gasteiger partial charge < -0.3 is 4.90 Å². The minimum Gasteiger partial charge on any atom is -0.340 e. The van der Waals surface area contributed by atoms with Crippen LogP contribution in [0.2, 0.25) is 0 Å². The van der Waals surface area contributed by atoms with Crippen LogP contribution in [-0.4, -0.2) is 23.9 Å². The Morgan fingerprint density at radius 3 is 2.44 bits per heavy atom. The first-order valence-electron chi connectivity index (χ1n) is 3.07. The molecule has 0 aromatic carbocycles. The molecule has 3 heteroatoms. The van der Waals surface area contributed by atoms with Gasteiger partial charge >= 0.3 is 0 Å². The Balaban J connectivity index is 2.32. The Morgan fingerprint density at radius 2 is 2.00 bits per heavy atom. The standard InChI is InChI=1S/C6H9FNO/c7-5-6(9)8-3-1-2-4-8/h5H,1-4H2. The van der Waals surface area contributed by atoms with E-state index >= 15 is 0 Å². The molecule has 9 heavy (non-hydrogen) atoms. The van der Waals surface area contributed by atoms with E-state index in [2.05, 4.69) is 0 Å². The third-order valence-corrected chi connectivity index (χ3v) is 1.51. The molecule has 1 rings (SSSR count). The van der Waals surface area contributed by atoms with Gasteiger partial charge in [-0.15, -0.1) is 0 Å². The lowest BCUT2D eigenvalue weighted by Crippen LogP contribution is -2.26. The van der Waals surface area contributed by atoms with Crippen molar-refractivity contribution in [3.05, 3.63) is 6.67 Å². The Labute approximate surface area is 53.6 Å². The van der Waals surface area contributed by atoms with Crippen molar-refractivity contribution in [1.29, 1.82) is 0 Å². The van der Waals surface area contributed by atoms with Crippen LogP contribution in [0.3, 0.4) is 0 Å². The molecular weight excluding hydrogens is 121 g/mol. The molecule has 0 atom stereocenters. The van der Waals surface area contributed by atoms with E-state index in [0.717, 1.165) is 25.9 Å². The van der Waals surface area contributed by atoms with Gasteiger partial charge in [0.25, 0.3) is 5.91 Å². The maximum atomic E-state index is 11.5. The van der Waals surface area contributed by atoms with Gasteiger partial charge in [0.05, 0.1) is 0 Å². The molecule has 1 heterocycles. The molecule has 0 unspecified atom stereocenters. The topological polar surface area (TPSA) is 20.3 Å². The monoisotopic (exact) mass is 130 g/mol. The fraction of sp³-hybridized carbons (Fsp3) is 0.667. The van der Waals surface area contributed by atoms with Crippen LogP contribution in [0.25, 0.3) is 0 Å². The molecule has 1 aliphatic heterocycles. The Bertz CT molecular complexity index is 110. The van der Waals surface area contributed by atoms with Crippen molar-refractivity contribution in [1.82, 2.24) is 4.90 Å². The lowest BCUT2D eigenvalue weighted by molar-refractivity contribution is -0.128. The summed E-state index contributed by atoms with van der Waals surface area (Å²) < 4.78 is 11.5. The molecule has 1 aliphatic rings. The predicted molar refractivity (Wildman–Crippen MR) is 31.2 cm³/mol. The zero-order chi connectivity index (χ0) is 6.69. The molecule has 0 aromatic rings. The third kappa shape index (κ3) is 1.40. The molecule has 1 saturated heterocycles. The van der Waals surface area contributed by atoms with Crippen molar-refractivity contribution in [2.75, 3.05) is 13.1 Å². The number of rotatable bonds is 1. The maximum absolute atomic E-state index is 11.5. The first-order valence-corrected chi connectivity index (χ1v) is 3.07. The number of hydrogen-bond donors (Lipinski definition) is 0. The van der Waals surface area contributed by atoms with Crippen molar-refractivity contribution in [2.24, 2.45) is 0 Å². The molecule has 0 spiro atoms. The lowest BCUT2D eigenvalue weighted by atomic mass is 10.4. The summed E-state index contributed by atoms with van der Waals surface area (Å²) >= 11 is 0. The summed E-state index contributed by atoms with van der Waals surface area (Å²) in [5.74, 6) is -0.479. The van der Waals surface area contributed by atoms with Crippen LogP contribution in [0.1, 0.15) is 12.8 Å². The molecular formula is C6H9FNO. The van der Waals surface area contributed by atoms with Crippen molar-refractivity contribution < 1.29 is 9.18 Å². The molecule has 0 bridgehead atoms. The first-order chi connectivity index (χ1) is 4.34. The Morgan fingerprint density at radius 1 is 1.44 bits per heavy atom. The number of halogens is 1. The molecule has 0 aliphatic carbocycles. The van der Waals surface area contributed by atoms with Crippen LogP contribution in [0.15, 0.2) is 0 Å². The van der Waals surface area contributed by atoms with Crippen LogP contribution in [-0.2, 0) is 4.79 Å². The highest BCUT2D eigenvalue weighted by Gasteiger charge is 2.16. The predicted octanol–water partition coefficient (Wildman–Crippen LogP) is 0.740. The molecule has 0 saturated carbocycles. The summed E-state index contributed by atoms with van der Waals surface area (Å²) in [4.78, 5) is 12.0. The van der Waals surface area contributed by atoms with Crippen LogP contribution in [0.4, 0.5) is 4.39 Å². The van der Waals surface area contributed by atoms with Crippen molar-refractivity contribution in [3.8, 4) is 0 Å². The molecule has 51 valence electrons. The number of likely N-dealkylation sites (tertiary alicyclic amines) is 1. The van der Waals surface area contributed by atoms with Gasteiger partial charge in [0.1, 0.15) is 0 Å². The summed E-state index contributed by atoms with van der Waals surface area (Å²) in [7, 11) is 0. The highest BCUT2D eigenvalue weighted by molar-refractivity contribution is 5.83. The fourth-order valence-corrected chi connectivity index (χ4v) is 1.01. The van der Waals surface area contributed by atoms with Crippen molar-refractivity contribution >= 4 is 5.91 Å². The van der Waals surface area contributed by atoms with E-state index in [0.29, 0.717) is 0 Å². The smallest absolute Gasteiger partial charge is 0.260 e. The van der Waals surface area contributed by atoms with E-state index in [1.165, 1.54) is 4.90 Å². The number of carbonyl (C=O) groups is 1. The summed E-state index contributed by atoms with van der Waals surface area (Å²) in [5.41, 5.74) is 0. The van der Waals surface area contributed by atoms with Gasteiger partial charge in [-0.1, -0.05) is 0 Å². The van der Waals surface area contributed by atoms with E-state index in [1.54, 1.807) is 0 Å². The molecule has 0 aromatic heterocycles. The van der Waals surface area contributed by atoms with Gasteiger partial charge in [0.15, 0.2) is 0 Å². The molecule has 0 N–H and O–H groups in total. The number of carbonyl (C=O) groups excluding carboxylic acids is 1. The second-order valence-corrected chi connectivity index (χ2v) is 2.14. The highest BCUT2D eigenvalue weighted by Crippen LogP contribution is 2.07.